The van der Waals surface area contributed by atoms with Crippen LogP contribution in [0.25, 0.3) is 5.69 Å². The number of aromatic nitrogens is 4. The molecule has 2 aromatic heterocycles. The van der Waals surface area contributed by atoms with Gasteiger partial charge in [-0.2, -0.15) is 0 Å². The molecule has 1 atom stereocenters. The Bertz CT molecular complexity index is 748. The lowest BCUT2D eigenvalue weighted by atomic mass is 10.1. The highest BCUT2D eigenvalue weighted by Gasteiger charge is 2.09. The van der Waals surface area contributed by atoms with Gasteiger partial charge < -0.3 is 14.9 Å². The Labute approximate surface area is 128 Å². The van der Waals surface area contributed by atoms with E-state index in [-0.39, 0.29) is 11.9 Å². The van der Waals surface area contributed by atoms with Gasteiger partial charge in [-0.05, 0) is 31.5 Å². The van der Waals surface area contributed by atoms with Crippen LogP contribution in [0.3, 0.4) is 0 Å². The van der Waals surface area contributed by atoms with Crippen molar-refractivity contribution in [3.63, 3.8) is 0 Å². The second-order valence-electron chi connectivity index (χ2n) is 5.24. The summed E-state index contributed by atoms with van der Waals surface area (Å²) in [5.41, 5.74) is 2.41. The van der Waals surface area contributed by atoms with Crippen LogP contribution in [0, 0.1) is 12.7 Å². The molecule has 0 saturated carbocycles. The minimum atomic E-state index is -0.255. The van der Waals surface area contributed by atoms with Gasteiger partial charge in [0.05, 0.1) is 17.7 Å². The van der Waals surface area contributed by atoms with Crippen molar-refractivity contribution in [3.05, 3.63) is 66.0 Å². The first-order valence-corrected chi connectivity index (χ1v) is 7.15. The summed E-state index contributed by atoms with van der Waals surface area (Å²) in [5.74, 6) is 0.507. The van der Waals surface area contributed by atoms with Crippen molar-refractivity contribution in [2.75, 3.05) is 0 Å². The van der Waals surface area contributed by atoms with Crippen LogP contribution in [0.1, 0.15) is 30.0 Å². The number of H-pyrrole nitrogens is 1. The lowest BCUT2D eigenvalue weighted by Gasteiger charge is -2.13. The number of aryl methyl sites for hydroxylation is 1. The predicted molar refractivity (Wildman–Crippen MR) is 82.1 cm³/mol. The second kappa shape index (κ2) is 6.11. The SMILES string of the molecule is Cc1nccn1-c1ccc(CNC(C)c2cnc[nH]2)cc1F. The van der Waals surface area contributed by atoms with E-state index in [1.807, 2.05) is 19.9 Å². The summed E-state index contributed by atoms with van der Waals surface area (Å²) in [7, 11) is 0. The van der Waals surface area contributed by atoms with E-state index in [2.05, 4.69) is 20.3 Å². The minimum absolute atomic E-state index is 0.126. The van der Waals surface area contributed by atoms with E-state index >= 15 is 0 Å². The van der Waals surface area contributed by atoms with E-state index in [0.29, 0.717) is 12.2 Å². The molecule has 0 spiro atoms. The summed E-state index contributed by atoms with van der Waals surface area (Å²) >= 11 is 0. The molecule has 0 amide bonds. The molecule has 1 unspecified atom stereocenters. The summed E-state index contributed by atoms with van der Waals surface area (Å²) in [6, 6.07) is 5.38. The fourth-order valence-electron chi connectivity index (χ4n) is 2.37. The van der Waals surface area contributed by atoms with Crippen molar-refractivity contribution in [1.82, 2.24) is 24.8 Å². The zero-order chi connectivity index (χ0) is 15.5. The molecule has 1 aromatic carbocycles. The zero-order valence-corrected chi connectivity index (χ0v) is 12.5. The molecule has 0 fully saturated rings. The number of halogens is 1. The Morgan fingerprint density at radius 3 is 2.91 bits per heavy atom. The number of hydrogen-bond donors (Lipinski definition) is 2. The van der Waals surface area contributed by atoms with Crippen LogP contribution in [0.4, 0.5) is 4.39 Å². The zero-order valence-electron chi connectivity index (χ0n) is 12.5. The van der Waals surface area contributed by atoms with Gasteiger partial charge in [-0.1, -0.05) is 6.07 Å². The lowest BCUT2D eigenvalue weighted by molar-refractivity contribution is 0.558. The molecule has 3 aromatic rings. The number of benzene rings is 1. The van der Waals surface area contributed by atoms with Crippen molar-refractivity contribution in [2.24, 2.45) is 0 Å². The average Bonchev–Trinajstić information content (AvgIpc) is 3.16. The van der Waals surface area contributed by atoms with Crippen LogP contribution in [0.5, 0.6) is 0 Å². The summed E-state index contributed by atoms with van der Waals surface area (Å²) in [6.07, 6.45) is 6.85. The molecular weight excluding hydrogens is 281 g/mol. The largest absolute Gasteiger partial charge is 0.347 e. The van der Waals surface area contributed by atoms with Crippen LogP contribution in [-0.2, 0) is 6.54 Å². The molecule has 114 valence electrons. The van der Waals surface area contributed by atoms with Gasteiger partial charge in [0.25, 0.3) is 0 Å². The van der Waals surface area contributed by atoms with Gasteiger partial charge in [-0.3, -0.25) is 0 Å². The number of imidazole rings is 2. The number of hydrogen-bond acceptors (Lipinski definition) is 3. The monoisotopic (exact) mass is 299 g/mol. The standard InChI is InChI=1S/C16H18FN5/c1-11(15-9-18-10-21-15)20-8-13-3-4-16(14(17)7-13)22-6-5-19-12(22)2/h3-7,9-11,20H,8H2,1-2H3,(H,18,21). The lowest BCUT2D eigenvalue weighted by Crippen LogP contribution is -2.18. The summed E-state index contributed by atoms with van der Waals surface area (Å²) in [4.78, 5) is 11.2. The normalized spacial score (nSPS) is 12.5. The first kappa shape index (κ1) is 14.5. The first-order valence-electron chi connectivity index (χ1n) is 7.15. The van der Waals surface area contributed by atoms with Gasteiger partial charge in [0.1, 0.15) is 11.6 Å². The molecule has 0 aliphatic rings. The van der Waals surface area contributed by atoms with Gasteiger partial charge in [-0.25, -0.2) is 14.4 Å². The molecule has 5 nitrogen and oxygen atoms in total. The average molecular weight is 299 g/mol. The molecule has 6 heteroatoms. The number of aromatic amines is 1. The van der Waals surface area contributed by atoms with Crippen molar-refractivity contribution in [1.29, 1.82) is 0 Å². The molecule has 0 radical (unpaired) electrons. The van der Waals surface area contributed by atoms with Crippen LogP contribution in [0.15, 0.2) is 43.1 Å². The van der Waals surface area contributed by atoms with Crippen molar-refractivity contribution >= 4 is 0 Å². The summed E-state index contributed by atoms with van der Waals surface area (Å²) in [6.45, 7) is 4.47. The van der Waals surface area contributed by atoms with E-state index in [1.54, 1.807) is 41.6 Å². The minimum Gasteiger partial charge on any atom is -0.347 e. The fourth-order valence-corrected chi connectivity index (χ4v) is 2.37. The highest BCUT2D eigenvalue weighted by molar-refractivity contribution is 5.37. The number of rotatable bonds is 5. The van der Waals surface area contributed by atoms with Crippen molar-refractivity contribution in [2.45, 2.75) is 26.4 Å². The molecule has 3 rings (SSSR count). The van der Waals surface area contributed by atoms with E-state index in [4.69, 9.17) is 0 Å². The Morgan fingerprint density at radius 2 is 2.27 bits per heavy atom. The Hall–Kier alpha value is -2.47. The molecule has 0 aliphatic heterocycles. The maximum atomic E-state index is 14.3. The van der Waals surface area contributed by atoms with Crippen LogP contribution in [0.2, 0.25) is 0 Å². The summed E-state index contributed by atoms with van der Waals surface area (Å²) in [5, 5.41) is 3.34. The third-order valence-corrected chi connectivity index (χ3v) is 3.70. The maximum Gasteiger partial charge on any atom is 0.147 e. The maximum absolute atomic E-state index is 14.3. The Morgan fingerprint density at radius 1 is 1.41 bits per heavy atom. The molecule has 0 saturated heterocycles. The summed E-state index contributed by atoms with van der Waals surface area (Å²) < 4.78 is 16.0. The van der Waals surface area contributed by atoms with Crippen LogP contribution < -0.4 is 5.32 Å². The van der Waals surface area contributed by atoms with E-state index in [9.17, 15) is 4.39 Å². The highest BCUT2D eigenvalue weighted by Crippen LogP contribution is 2.17. The van der Waals surface area contributed by atoms with Crippen LogP contribution in [-0.4, -0.2) is 19.5 Å². The Kier molecular flexibility index (Phi) is 4.02. The van der Waals surface area contributed by atoms with Crippen molar-refractivity contribution < 1.29 is 4.39 Å². The number of nitrogens with one attached hydrogen (secondary N) is 2. The molecule has 2 heterocycles. The third kappa shape index (κ3) is 2.92. The van der Waals surface area contributed by atoms with Gasteiger partial charge >= 0.3 is 0 Å². The third-order valence-electron chi connectivity index (χ3n) is 3.70. The van der Waals surface area contributed by atoms with Gasteiger partial charge in [0.2, 0.25) is 0 Å². The topological polar surface area (TPSA) is 58.5 Å². The van der Waals surface area contributed by atoms with Crippen molar-refractivity contribution in [3.8, 4) is 5.69 Å². The van der Waals surface area contributed by atoms with Gasteiger partial charge in [0.15, 0.2) is 0 Å². The molecule has 0 bridgehead atoms. The first-order chi connectivity index (χ1) is 10.6. The van der Waals surface area contributed by atoms with Gasteiger partial charge in [0, 0.05) is 31.2 Å². The smallest absolute Gasteiger partial charge is 0.147 e. The Balaban J connectivity index is 1.71. The highest BCUT2D eigenvalue weighted by atomic mass is 19.1. The van der Waals surface area contributed by atoms with Gasteiger partial charge in [-0.15, -0.1) is 0 Å². The van der Waals surface area contributed by atoms with E-state index in [0.717, 1.165) is 17.1 Å². The molecule has 0 aliphatic carbocycles. The number of nitrogens with zero attached hydrogens (tertiary/aromatic N) is 3. The molecular formula is C16H18FN5. The molecule has 22 heavy (non-hydrogen) atoms. The predicted octanol–water partition coefficient (Wildman–Crippen LogP) is 2.89. The second-order valence-corrected chi connectivity index (χ2v) is 5.24. The van der Waals surface area contributed by atoms with E-state index in [1.165, 1.54) is 0 Å². The molecule has 2 N–H and O–H groups in total. The van der Waals surface area contributed by atoms with Crippen LogP contribution >= 0.6 is 0 Å². The van der Waals surface area contributed by atoms with E-state index < -0.39 is 0 Å². The quantitative estimate of drug-likeness (QED) is 0.761. The fraction of sp³-hybridized carbons (Fsp3) is 0.250.